The van der Waals surface area contributed by atoms with Crippen molar-refractivity contribution in [2.24, 2.45) is 0 Å². The number of carbonyl (C=O) groups is 2. The van der Waals surface area contributed by atoms with Crippen LogP contribution in [-0.2, 0) is 33.6 Å². The van der Waals surface area contributed by atoms with Crippen molar-refractivity contribution in [3.05, 3.63) is 58.9 Å². The van der Waals surface area contributed by atoms with E-state index in [2.05, 4.69) is 45.0 Å². The van der Waals surface area contributed by atoms with E-state index >= 15 is 0 Å². The maximum Gasteiger partial charge on any atom is 0.410 e. The molecule has 0 radical (unpaired) electrons. The summed E-state index contributed by atoms with van der Waals surface area (Å²) in [6.45, 7) is 20.9. The third-order valence-electron chi connectivity index (χ3n) is 10.4. The largest absolute Gasteiger partial charge is 0.444 e. The number of nitrogens with zero attached hydrogens (tertiary/aromatic N) is 6. The van der Waals surface area contributed by atoms with Gasteiger partial charge < -0.3 is 24.0 Å². The van der Waals surface area contributed by atoms with Crippen molar-refractivity contribution in [1.82, 2.24) is 24.6 Å². The topological polar surface area (TPSA) is 90.9 Å². The first-order valence-electron chi connectivity index (χ1n) is 19.2. The highest BCUT2D eigenvalue weighted by molar-refractivity contribution is 5.70. The van der Waals surface area contributed by atoms with Crippen LogP contribution in [0.1, 0.15) is 89.2 Å². The molecule has 4 heterocycles. The minimum absolute atomic E-state index is 0.0546. The predicted molar refractivity (Wildman–Crippen MR) is 199 cm³/mol. The first-order valence-corrected chi connectivity index (χ1v) is 19.2. The fourth-order valence-corrected chi connectivity index (χ4v) is 8.02. The highest BCUT2D eigenvalue weighted by atomic mass is 16.6. The van der Waals surface area contributed by atoms with Crippen molar-refractivity contribution in [3.8, 4) is 0 Å². The van der Waals surface area contributed by atoms with Gasteiger partial charge in [0.15, 0.2) is 0 Å². The van der Waals surface area contributed by atoms with Gasteiger partial charge in [0.2, 0.25) is 0 Å². The van der Waals surface area contributed by atoms with Crippen molar-refractivity contribution < 1.29 is 23.8 Å². The van der Waals surface area contributed by atoms with Gasteiger partial charge in [0.25, 0.3) is 0 Å². The van der Waals surface area contributed by atoms with Gasteiger partial charge in [0, 0.05) is 70.8 Å². The van der Waals surface area contributed by atoms with Crippen molar-refractivity contribution in [2.75, 3.05) is 77.0 Å². The Hall–Kier alpha value is -3.41. The van der Waals surface area contributed by atoms with Crippen molar-refractivity contribution in [1.29, 1.82) is 0 Å². The van der Waals surface area contributed by atoms with Gasteiger partial charge in [-0.25, -0.2) is 9.59 Å². The minimum Gasteiger partial charge on any atom is -0.444 e. The number of hydrogen-bond donors (Lipinski definition) is 0. The summed E-state index contributed by atoms with van der Waals surface area (Å²) in [5, 5.41) is 0. The molecule has 11 nitrogen and oxygen atoms in total. The second kappa shape index (κ2) is 16.1. The van der Waals surface area contributed by atoms with E-state index in [4.69, 9.17) is 19.2 Å². The van der Waals surface area contributed by atoms with E-state index in [1.165, 1.54) is 28.1 Å². The second-order valence-electron chi connectivity index (χ2n) is 16.6. The molecule has 0 saturated carbocycles. The van der Waals surface area contributed by atoms with Gasteiger partial charge >= 0.3 is 12.2 Å². The molecule has 6 rings (SSSR count). The van der Waals surface area contributed by atoms with E-state index in [0.717, 1.165) is 91.1 Å². The lowest BCUT2D eigenvalue weighted by atomic mass is 9.88. The maximum atomic E-state index is 14.0. The number of benzene rings is 1. The number of ether oxygens (including phenoxy) is 3. The minimum atomic E-state index is -0.586. The molecule has 0 unspecified atom stereocenters. The molecule has 2 atom stereocenters. The number of piperazine rings is 1. The van der Waals surface area contributed by atoms with Crippen LogP contribution in [0.3, 0.4) is 0 Å². The number of rotatable bonds is 8. The highest BCUT2D eigenvalue weighted by Gasteiger charge is 2.38. The van der Waals surface area contributed by atoms with Crippen LogP contribution >= 0.6 is 0 Å². The molecule has 51 heavy (non-hydrogen) atoms. The maximum absolute atomic E-state index is 14.0. The molecule has 2 aromatic rings. The zero-order valence-corrected chi connectivity index (χ0v) is 31.9. The van der Waals surface area contributed by atoms with Crippen LogP contribution in [-0.4, -0.2) is 126 Å². The summed E-state index contributed by atoms with van der Waals surface area (Å²) in [6.07, 6.45) is 6.44. The molecule has 3 aliphatic heterocycles. The number of aryl methyl sites for hydroxylation is 1. The smallest absolute Gasteiger partial charge is 0.410 e. The molecule has 0 spiro atoms. The Labute approximate surface area is 305 Å². The summed E-state index contributed by atoms with van der Waals surface area (Å²) in [6, 6.07) is 11.0. The Kier molecular flexibility index (Phi) is 11.8. The van der Waals surface area contributed by atoms with Gasteiger partial charge in [-0.05, 0) is 109 Å². The summed E-state index contributed by atoms with van der Waals surface area (Å²) in [5.41, 5.74) is 5.25. The first-order chi connectivity index (χ1) is 24.3. The van der Waals surface area contributed by atoms with Crippen LogP contribution in [0.15, 0.2) is 36.5 Å². The van der Waals surface area contributed by atoms with Crippen molar-refractivity contribution in [3.63, 3.8) is 0 Å². The van der Waals surface area contributed by atoms with Crippen LogP contribution in [0.4, 0.5) is 15.3 Å². The monoisotopic (exact) mass is 704 g/mol. The van der Waals surface area contributed by atoms with E-state index < -0.39 is 11.2 Å². The number of amides is 2. The number of fused-ring (bicyclic) bond motifs is 2. The zero-order valence-electron chi connectivity index (χ0n) is 31.9. The van der Waals surface area contributed by atoms with E-state index in [1.54, 1.807) is 0 Å². The first kappa shape index (κ1) is 37.4. The Morgan fingerprint density at radius 2 is 1.61 bits per heavy atom. The van der Waals surface area contributed by atoms with Gasteiger partial charge in [-0.3, -0.25) is 19.7 Å². The molecule has 0 bridgehead atoms. The quantitative estimate of drug-likeness (QED) is 0.333. The molecule has 2 saturated heterocycles. The van der Waals surface area contributed by atoms with Gasteiger partial charge in [-0.2, -0.15) is 0 Å². The molecular formula is C40H60N6O5. The predicted octanol–water partition coefficient (Wildman–Crippen LogP) is 5.90. The summed E-state index contributed by atoms with van der Waals surface area (Å²) in [5.74, 6) is 0. The Bertz CT molecular complexity index is 1490. The highest BCUT2D eigenvalue weighted by Crippen LogP contribution is 2.37. The normalized spacial score (nSPS) is 21.7. The fraction of sp³-hybridized carbons (Fsp3) is 0.675. The summed E-state index contributed by atoms with van der Waals surface area (Å²) < 4.78 is 17.4. The Morgan fingerprint density at radius 1 is 0.902 bits per heavy atom. The molecule has 280 valence electrons. The van der Waals surface area contributed by atoms with Crippen molar-refractivity contribution >= 4 is 17.9 Å². The van der Waals surface area contributed by atoms with Gasteiger partial charge in [-0.15, -0.1) is 0 Å². The van der Waals surface area contributed by atoms with E-state index in [-0.39, 0.29) is 24.3 Å². The van der Waals surface area contributed by atoms with E-state index in [1.807, 2.05) is 57.5 Å². The molecule has 11 heteroatoms. The van der Waals surface area contributed by atoms with Gasteiger partial charge in [-0.1, -0.05) is 18.2 Å². The summed E-state index contributed by atoms with van der Waals surface area (Å²) in [4.78, 5) is 42.9. The summed E-state index contributed by atoms with van der Waals surface area (Å²) in [7, 11) is 0. The molecule has 2 amide bonds. The van der Waals surface area contributed by atoms with Gasteiger partial charge in [0.1, 0.15) is 11.2 Å². The Balaban J connectivity index is 1.22. The molecular weight excluding hydrogens is 644 g/mol. The molecule has 1 aliphatic carbocycles. The van der Waals surface area contributed by atoms with Crippen LogP contribution in [0, 0.1) is 0 Å². The average molecular weight is 705 g/mol. The van der Waals surface area contributed by atoms with E-state index in [0.29, 0.717) is 19.6 Å². The number of pyridine rings is 1. The number of hydrogen-bond acceptors (Lipinski definition) is 9. The molecule has 0 N–H and O–H groups in total. The second-order valence-corrected chi connectivity index (χ2v) is 16.6. The van der Waals surface area contributed by atoms with Crippen molar-refractivity contribution in [2.45, 2.75) is 103 Å². The van der Waals surface area contributed by atoms with Crippen LogP contribution in [0.2, 0.25) is 0 Å². The standard InChI is InChI=1S/C40H60N6O5/c1-39(2,3)50-37(47)44-21-19-42(20-22-44)17-10-18-45(35-15-7-11-30-13-9-16-41-36(30)35)29-32-27-33-31(28-46(32)38(48)51-40(4,5)6)12-8-14-34(33)43-23-25-49-26-24-43/h8-9,12-14,16,32,35H,7,10-11,15,17-29H2,1-6H3/t32-,35+/m1/s1. The van der Waals surface area contributed by atoms with Gasteiger partial charge in [0.05, 0.1) is 31.0 Å². The van der Waals surface area contributed by atoms with Crippen LogP contribution in [0.25, 0.3) is 0 Å². The van der Waals surface area contributed by atoms with Crippen LogP contribution < -0.4 is 4.90 Å². The third kappa shape index (κ3) is 9.73. The number of aromatic nitrogens is 1. The zero-order chi connectivity index (χ0) is 36.2. The number of carbonyl (C=O) groups excluding carboxylic acids is 2. The lowest BCUT2D eigenvalue weighted by molar-refractivity contribution is 0.00425. The lowest BCUT2D eigenvalue weighted by Crippen LogP contribution is -2.53. The molecule has 1 aromatic heterocycles. The van der Waals surface area contributed by atoms with E-state index in [9.17, 15) is 9.59 Å². The number of anilines is 1. The number of morpholine rings is 1. The lowest BCUT2D eigenvalue weighted by Gasteiger charge is -2.44. The Morgan fingerprint density at radius 3 is 2.33 bits per heavy atom. The van der Waals surface area contributed by atoms with Crippen LogP contribution in [0.5, 0.6) is 0 Å². The average Bonchev–Trinajstić information content (AvgIpc) is 3.09. The molecule has 4 aliphatic rings. The SMILES string of the molecule is CC(C)(C)OC(=O)N1CCN(CCCN(C[C@H]2Cc3c(cccc3N3CCOCC3)CN2C(=O)OC(C)(C)C)[C@H]2CCCc3cccnc32)CC1. The summed E-state index contributed by atoms with van der Waals surface area (Å²) >= 11 is 0. The molecule has 1 aromatic carbocycles. The molecule has 2 fully saturated rings. The third-order valence-corrected chi connectivity index (χ3v) is 10.4. The fourth-order valence-electron chi connectivity index (χ4n) is 8.02.